The number of halogens is 1. The molecule has 0 atom stereocenters. The van der Waals surface area contributed by atoms with Gasteiger partial charge in [-0.1, -0.05) is 5.21 Å². The second-order valence-corrected chi connectivity index (χ2v) is 6.87. The number of aryl methyl sites for hydroxylation is 1. The van der Waals surface area contributed by atoms with Crippen LogP contribution >= 0.6 is 27.3 Å². The van der Waals surface area contributed by atoms with Gasteiger partial charge < -0.3 is 10.2 Å². The van der Waals surface area contributed by atoms with Crippen molar-refractivity contribution >= 4 is 27.3 Å². The van der Waals surface area contributed by atoms with E-state index in [9.17, 15) is 0 Å². The summed E-state index contributed by atoms with van der Waals surface area (Å²) in [6.07, 6.45) is 3.60. The highest BCUT2D eigenvalue weighted by Gasteiger charge is 2.11. The highest BCUT2D eigenvalue weighted by atomic mass is 79.9. The van der Waals surface area contributed by atoms with Gasteiger partial charge in [-0.2, -0.15) is 0 Å². The standard InChI is InChI=1S/C12H13BrN6OS/c13-10-4-3-9(21-10)12-17-16-11(20-12)7-19-6-8(15-18-19)2-1-5-14/h3-4,6H,1-2,5,7,14H2. The van der Waals surface area contributed by atoms with E-state index in [0.29, 0.717) is 24.9 Å². The van der Waals surface area contributed by atoms with Crippen molar-refractivity contribution in [3.8, 4) is 10.8 Å². The lowest BCUT2D eigenvalue weighted by atomic mass is 10.2. The predicted octanol–water partition coefficient (Wildman–Crippen LogP) is 2.09. The van der Waals surface area contributed by atoms with Gasteiger partial charge in [-0.3, -0.25) is 0 Å². The summed E-state index contributed by atoms with van der Waals surface area (Å²) in [5.41, 5.74) is 6.39. The van der Waals surface area contributed by atoms with Crippen LogP contribution in [0.25, 0.3) is 10.8 Å². The van der Waals surface area contributed by atoms with E-state index in [4.69, 9.17) is 10.2 Å². The molecule has 7 nitrogen and oxygen atoms in total. The fraction of sp³-hybridized carbons (Fsp3) is 0.333. The minimum Gasteiger partial charge on any atom is -0.418 e. The van der Waals surface area contributed by atoms with Crippen molar-refractivity contribution < 1.29 is 4.42 Å². The molecule has 0 unspecified atom stereocenters. The molecule has 2 N–H and O–H groups in total. The van der Waals surface area contributed by atoms with E-state index >= 15 is 0 Å². The lowest BCUT2D eigenvalue weighted by Crippen LogP contribution is -2.01. The average molecular weight is 369 g/mol. The number of nitrogens with two attached hydrogens (primary N) is 1. The first-order valence-corrected chi connectivity index (χ1v) is 8.02. The molecular formula is C12H13BrN6OS. The van der Waals surface area contributed by atoms with Gasteiger partial charge >= 0.3 is 0 Å². The molecule has 0 amide bonds. The molecule has 0 bridgehead atoms. The molecule has 0 radical (unpaired) electrons. The van der Waals surface area contributed by atoms with Crippen LogP contribution in [0.15, 0.2) is 26.5 Å². The zero-order valence-corrected chi connectivity index (χ0v) is 13.5. The minimum absolute atomic E-state index is 0.412. The van der Waals surface area contributed by atoms with E-state index in [1.165, 1.54) is 0 Å². The van der Waals surface area contributed by atoms with Gasteiger partial charge in [-0.05, 0) is 47.4 Å². The van der Waals surface area contributed by atoms with Gasteiger partial charge in [0, 0.05) is 6.20 Å². The first kappa shape index (κ1) is 14.4. The van der Waals surface area contributed by atoms with E-state index < -0.39 is 0 Å². The molecule has 0 fully saturated rings. The quantitative estimate of drug-likeness (QED) is 0.715. The van der Waals surface area contributed by atoms with Crippen LogP contribution < -0.4 is 5.73 Å². The number of aromatic nitrogens is 5. The van der Waals surface area contributed by atoms with Crippen molar-refractivity contribution in [2.24, 2.45) is 5.73 Å². The molecule has 3 heterocycles. The van der Waals surface area contributed by atoms with Crippen LogP contribution in [-0.4, -0.2) is 31.7 Å². The van der Waals surface area contributed by atoms with Crippen LogP contribution in [0.1, 0.15) is 18.0 Å². The van der Waals surface area contributed by atoms with Crippen molar-refractivity contribution in [3.05, 3.63) is 33.7 Å². The Balaban J connectivity index is 1.68. The third-order valence-corrected chi connectivity index (χ3v) is 4.38. The Morgan fingerprint density at radius 1 is 1.29 bits per heavy atom. The largest absolute Gasteiger partial charge is 0.418 e. The zero-order chi connectivity index (χ0) is 14.7. The van der Waals surface area contributed by atoms with Gasteiger partial charge in [0.15, 0.2) is 0 Å². The number of nitrogens with zero attached hydrogens (tertiary/aromatic N) is 5. The maximum Gasteiger partial charge on any atom is 0.257 e. The molecule has 0 aliphatic rings. The Morgan fingerprint density at radius 3 is 2.95 bits per heavy atom. The van der Waals surface area contributed by atoms with Gasteiger partial charge in [0.1, 0.15) is 6.54 Å². The number of hydrogen-bond acceptors (Lipinski definition) is 7. The van der Waals surface area contributed by atoms with Gasteiger partial charge in [0.05, 0.1) is 14.4 Å². The Kier molecular flexibility index (Phi) is 4.42. The summed E-state index contributed by atoms with van der Waals surface area (Å²) in [6, 6.07) is 3.89. The highest BCUT2D eigenvalue weighted by Crippen LogP contribution is 2.30. The topological polar surface area (TPSA) is 95.7 Å². The van der Waals surface area contributed by atoms with Gasteiger partial charge in [0.2, 0.25) is 5.89 Å². The molecular weight excluding hydrogens is 356 g/mol. The normalized spacial score (nSPS) is 11.1. The van der Waals surface area contributed by atoms with E-state index in [-0.39, 0.29) is 0 Å². The molecule has 21 heavy (non-hydrogen) atoms. The molecule has 3 rings (SSSR count). The van der Waals surface area contributed by atoms with E-state index in [1.54, 1.807) is 16.0 Å². The molecule has 110 valence electrons. The summed E-state index contributed by atoms with van der Waals surface area (Å²) in [7, 11) is 0. The Hall–Kier alpha value is -1.58. The van der Waals surface area contributed by atoms with E-state index in [0.717, 1.165) is 27.2 Å². The highest BCUT2D eigenvalue weighted by molar-refractivity contribution is 9.11. The molecule has 0 saturated heterocycles. The lowest BCUT2D eigenvalue weighted by Gasteiger charge is -1.93. The molecule has 0 spiro atoms. The first-order valence-electron chi connectivity index (χ1n) is 6.42. The molecule has 3 aromatic rings. The molecule has 0 aliphatic heterocycles. The summed E-state index contributed by atoms with van der Waals surface area (Å²) in [4.78, 5) is 0.933. The fourth-order valence-electron chi connectivity index (χ4n) is 1.80. The van der Waals surface area contributed by atoms with Crippen molar-refractivity contribution in [2.45, 2.75) is 19.4 Å². The Morgan fingerprint density at radius 2 is 2.19 bits per heavy atom. The van der Waals surface area contributed by atoms with Gasteiger partial charge in [-0.15, -0.1) is 26.6 Å². The molecule has 3 aromatic heterocycles. The van der Waals surface area contributed by atoms with Crippen molar-refractivity contribution in [1.82, 2.24) is 25.2 Å². The summed E-state index contributed by atoms with van der Waals surface area (Å²) in [5, 5.41) is 16.2. The van der Waals surface area contributed by atoms with Crippen LogP contribution in [0.2, 0.25) is 0 Å². The summed E-state index contributed by atoms with van der Waals surface area (Å²) in [6.45, 7) is 1.06. The van der Waals surface area contributed by atoms with Gasteiger partial charge in [0.25, 0.3) is 5.89 Å². The second kappa shape index (κ2) is 6.46. The van der Waals surface area contributed by atoms with Crippen LogP contribution in [0.4, 0.5) is 0 Å². The smallest absolute Gasteiger partial charge is 0.257 e. The minimum atomic E-state index is 0.412. The van der Waals surface area contributed by atoms with Crippen molar-refractivity contribution in [1.29, 1.82) is 0 Å². The Bertz CT molecular complexity index is 721. The summed E-state index contributed by atoms with van der Waals surface area (Å²) in [5.74, 6) is 1.02. The van der Waals surface area contributed by atoms with Crippen LogP contribution in [-0.2, 0) is 13.0 Å². The third-order valence-electron chi connectivity index (χ3n) is 2.77. The third kappa shape index (κ3) is 3.55. The lowest BCUT2D eigenvalue weighted by molar-refractivity contribution is 0.470. The molecule has 0 saturated carbocycles. The average Bonchev–Trinajstić information content (AvgIpc) is 3.18. The van der Waals surface area contributed by atoms with Gasteiger partial charge in [-0.25, -0.2) is 4.68 Å². The molecule has 9 heteroatoms. The monoisotopic (exact) mass is 368 g/mol. The van der Waals surface area contributed by atoms with Crippen molar-refractivity contribution in [2.75, 3.05) is 6.54 Å². The fourth-order valence-corrected chi connectivity index (χ4v) is 3.11. The summed E-state index contributed by atoms with van der Waals surface area (Å²) >= 11 is 4.96. The molecule has 0 aromatic carbocycles. The maximum atomic E-state index is 5.64. The SMILES string of the molecule is NCCCc1cn(Cc2nnc(-c3ccc(Br)s3)o2)nn1. The maximum absolute atomic E-state index is 5.64. The van der Waals surface area contributed by atoms with Crippen molar-refractivity contribution in [3.63, 3.8) is 0 Å². The summed E-state index contributed by atoms with van der Waals surface area (Å²) < 4.78 is 8.35. The van der Waals surface area contributed by atoms with Crippen LogP contribution in [0.3, 0.4) is 0 Å². The van der Waals surface area contributed by atoms with Crippen LogP contribution in [0, 0.1) is 0 Å². The first-order chi connectivity index (χ1) is 10.2. The predicted molar refractivity (Wildman–Crippen MR) is 81.8 cm³/mol. The van der Waals surface area contributed by atoms with E-state index in [2.05, 4.69) is 36.4 Å². The molecule has 0 aliphatic carbocycles. The second-order valence-electron chi connectivity index (χ2n) is 4.40. The van der Waals surface area contributed by atoms with E-state index in [1.807, 2.05) is 18.3 Å². The Labute approximate surface area is 133 Å². The number of thiophene rings is 1. The zero-order valence-electron chi connectivity index (χ0n) is 11.1. The van der Waals surface area contributed by atoms with Crippen LogP contribution in [0.5, 0.6) is 0 Å². The number of hydrogen-bond donors (Lipinski definition) is 1. The number of rotatable bonds is 6.